The molecule has 72 valence electrons. The highest BCUT2D eigenvalue weighted by atomic mass is 16.6. The summed E-state index contributed by atoms with van der Waals surface area (Å²) in [6.45, 7) is 7.75. The van der Waals surface area contributed by atoms with Gasteiger partial charge in [0, 0.05) is 11.8 Å². The maximum absolute atomic E-state index is 11.4. The zero-order valence-corrected chi connectivity index (χ0v) is 7.91. The summed E-state index contributed by atoms with van der Waals surface area (Å²) in [6, 6.07) is 0. The number of hydrogen-bond donors (Lipinski definition) is 1. The van der Waals surface area contributed by atoms with Crippen LogP contribution in [0.15, 0.2) is 12.2 Å². The van der Waals surface area contributed by atoms with Crippen molar-refractivity contribution in [2.45, 2.75) is 32.5 Å². The van der Waals surface area contributed by atoms with Gasteiger partial charge in [-0.3, -0.25) is 4.79 Å². The highest BCUT2D eigenvalue weighted by Crippen LogP contribution is 2.50. The molecule has 2 aliphatic rings. The van der Waals surface area contributed by atoms with Crippen LogP contribution in [0.3, 0.4) is 0 Å². The molecule has 1 saturated heterocycles. The molecular weight excluding hydrogens is 168 g/mol. The highest BCUT2D eigenvalue weighted by Gasteiger charge is 2.57. The molecule has 0 amide bonds. The Bertz CT molecular complexity index is 280. The number of carbonyl (C=O) groups excluding carboxylic acids is 1. The Morgan fingerprint density at radius 3 is 2.85 bits per heavy atom. The van der Waals surface area contributed by atoms with E-state index in [1.807, 2.05) is 13.8 Å². The van der Waals surface area contributed by atoms with E-state index in [4.69, 9.17) is 4.74 Å². The van der Waals surface area contributed by atoms with Crippen LogP contribution in [-0.4, -0.2) is 23.3 Å². The number of hydrogen-bond acceptors (Lipinski definition) is 3. The fourth-order valence-electron chi connectivity index (χ4n) is 2.38. The molecular formula is C10H14O3. The van der Waals surface area contributed by atoms with E-state index >= 15 is 0 Å². The van der Waals surface area contributed by atoms with E-state index in [9.17, 15) is 9.90 Å². The Hall–Kier alpha value is -0.830. The van der Waals surface area contributed by atoms with E-state index in [2.05, 4.69) is 6.58 Å². The molecule has 3 heteroatoms. The minimum atomic E-state index is -0.575. The SMILES string of the molecule is C=C1[C@@H]2C(=O)O[C@@H](C[C@H]1O)C2(C)C. The molecule has 0 aromatic carbocycles. The smallest absolute Gasteiger partial charge is 0.314 e. The second-order valence-electron chi connectivity index (χ2n) is 4.51. The topological polar surface area (TPSA) is 46.5 Å². The van der Waals surface area contributed by atoms with E-state index in [0.717, 1.165) is 0 Å². The summed E-state index contributed by atoms with van der Waals surface area (Å²) in [6.07, 6.45) is -0.228. The van der Waals surface area contributed by atoms with Crippen LogP contribution in [0.2, 0.25) is 0 Å². The number of ether oxygens (including phenoxy) is 1. The Kier molecular flexibility index (Phi) is 1.58. The molecule has 0 unspecified atom stereocenters. The van der Waals surface area contributed by atoms with Gasteiger partial charge < -0.3 is 9.84 Å². The van der Waals surface area contributed by atoms with Gasteiger partial charge in [0.1, 0.15) is 6.10 Å². The molecule has 1 aliphatic heterocycles. The molecule has 13 heavy (non-hydrogen) atoms. The van der Waals surface area contributed by atoms with Gasteiger partial charge in [-0.25, -0.2) is 0 Å². The number of carbonyl (C=O) groups is 1. The van der Waals surface area contributed by atoms with Gasteiger partial charge in [0.25, 0.3) is 0 Å². The number of aliphatic hydroxyl groups is 1. The molecule has 0 aromatic heterocycles. The summed E-state index contributed by atoms with van der Waals surface area (Å²) < 4.78 is 5.18. The van der Waals surface area contributed by atoms with Crippen LogP contribution in [0, 0.1) is 11.3 Å². The minimum absolute atomic E-state index is 0.148. The van der Waals surface area contributed by atoms with Crippen LogP contribution in [0.4, 0.5) is 0 Å². The first-order valence-electron chi connectivity index (χ1n) is 4.52. The van der Waals surface area contributed by atoms with E-state index in [1.165, 1.54) is 0 Å². The molecule has 0 aromatic rings. The van der Waals surface area contributed by atoms with E-state index < -0.39 is 6.10 Å². The molecule has 3 nitrogen and oxygen atoms in total. The summed E-state index contributed by atoms with van der Waals surface area (Å²) in [5.74, 6) is -0.544. The molecule has 1 aliphatic carbocycles. The first-order chi connectivity index (χ1) is 5.94. The maximum atomic E-state index is 11.4. The van der Waals surface area contributed by atoms with Gasteiger partial charge in [-0.15, -0.1) is 0 Å². The summed E-state index contributed by atoms with van der Waals surface area (Å²) in [5, 5.41) is 9.58. The molecule has 3 atom stereocenters. The molecule has 1 heterocycles. The van der Waals surface area contributed by atoms with Gasteiger partial charge in [0.05, 0.1) is 12.0 Å². The second kappa shape index (κ2) is 2.35. The van der Waals surface area contributed by atoms with Crippen molar-refractivity contribution >= 4 is 5.97 Å². The molecule has 2 bridgehead atoms. The van der Waals surface area contributed by atoms with Crippen molar-refractivity contribution in [2.75, 3.05) is 0 Å². The van der Waals surface area contributed by atoms with Crippen LogP contribution < -0.4 is 0 Å². The van der Waals surface area contributed by atoms with Gasteiger partial charge in [-0.1, -0.05) is 20.4 Å². The van der Waals surface area contributed by atoms with Crippen molar-refractivity contribution in [3.63, 3.8) is 0 Å². The quantitative estimate of drug-likeness (QED) is 0.446. The summed E-state index contributed by atoms with van der Waals surface area (Å²) in [7, 11) is 0. The molecule has 2 fully saturated rings. The van der Waals surface area contributed by atoms with Crippen molar-refractivity contribution in [3.8, 4) is 0 Å². The molecule has 0 radical (unpaired) electrons. The van der Waals surface area contributed by atoms with Gasteiger partial charge in [0.15, 0.2) is 0 Å². The molecule has 1 saturated carbocycles. The van der Waals surface area contributed by atoms with E-state index in [0.29, 0.717) is 12.0 Å². The van der Waals surface area contributed by atoms with E-state index in [1.54, 1.807) is 0 Å². The van der Waals surface area contributed by atoms with Crippen molar-refractivity contribution in [2.24, 2.45) is 11.3 Å². The Morgan fingerprint density at radius 1 is 1.62 bits per heavy atom. The van der Waals surface area contributed by atoms with Crippen molar-refractivity contribution in [3.05, 3.63) is 12.2 Å². The predicted molar refractivity (Wildman–Crippen MR) is 46.9 cm³/mol. The van der Waals surface area contributed by atoms with Crippen LogP contribution in [0.25, 0.3) is 0 Å². The number of esters is 1. The molecule has 0 spiro atoms. The third-order valence-electron chi connectivity index (χ3n) is 3.30. The van der Waals surface area contributed by atoms with Crippen molar-refractivity contribution < 1.29 is 14.6 Å². The zero-order valence-electron chi connectivity index (χ0n) is 7.91. The van der Waals surface area contributed by atoms with E-state index in [-0.39, 0.29) is 23.4 Å². The van der Waals surface area contributed by atoms with Crippen molar-refractivity contribution in [1.82, 2.24) is 0 Å². The van der Waals surface area contributed by atoms with Gasteiger partial charge in [-0.05, 0) is 5.57 Å². The van der Waals surface area contributed by atoms with Crippen LogP contribution in [0.5, 0.6) is 0 Å². The van der Waals surface area contributed by atoms with Gasteiger partial charge in [0.2, 0.25) is 0 Å². The Balaban J connectivity index is 2.42. The third kappa shape index (κ3) is 0.967. The molecule has 1 N–H and O–H groups in total. The standard InChI is InChI=1S/C10H14O3/c1-5-6(11)4-7-10(2,3)8(5)9(12)13-7/h6-8,11H,1,4H2,2-3H3/t6-,7+,8-/m1/s1. The molecule has 2 rings (SSSR count). The monoisotopic (exact) mass is 182 g/mol. The number of fused-ring (bicyclic) bond motifs is 2. The van der Waals surface area contributed by atoms with Crippen molar-refractivity contribution in [1.29, 1.82) is 0 Å². The average molecular weight is 182 g/mol. The Labute approximate surface area is 77.4 Å². The van der Waals surface area contributed by atoms with Gasteiger partial charge in [-0.2, -0.15) is 0 Å². The highest BCUT2D eigenvalue weighted by molar-refractivity contribution is 5.80. The largest absolute Gasteiger partial charge is 0.461 e. The minimum Gasteiger partial charge on any atom is -0.461 e. The summed E-state index contributed by atoms with van der Waals surface area (Å²) in [4.78, 5) is 11.4. The fourth-order valence-corrected chi connectivity index (χ4v) is 2.38. The van der Waals surface area contributed by atoms with Crippen LogP contribution in [-0.2, 0) is 9.53 Å². The summed E-state index contributed by atoms with van der Waals surface area (Å²) in [5.41, 5.74) is 0.414. The lowest BCUT2D eigenvalue weighted by Crippen LogP contribution is -2.41. The number of aliphatic hydroxyl groups excluding tert-OH is 1. The third-order valence-corrected chi connectivity index (χ3v) is 3.30. The first-order valence-corrected chi connectivity index (χ1v) is 4.52. The van der Waals surface area contributed by atoms with Crippen LogP contribution >= 0.6 is 0 Å². The average Bonchev–Trinajstić information content (AvgIpc) is 2.11. The maximum Gasteiger partial charge on any atom is 0.314 e. The lowest BCUT2D eigenvalue weighted by molar-refractivity contribution is -0.143. The summed E-state index contributed by atoms with van der Waals surface area (Å²) >= 11 is 0. The van der Waals surface area contributed by atoms with Crippen LogP contribution in [0.1, 0.15) is 20.3 Å². The van der Waals surface area contributed by atoms with Gasteiger partial charge >= 0.3 is 5.97 Å². The zero-order chi connectivity index (χ0) is 9.80. The normalized spacial score (nSPS) is 41.9. The number of rotatable bonds is 0. The fraction of sp³-hybridized carbons (Fsp3) is 0.700. The predicted octanol–water partition coefficient (Wildman–Crippen LogP) is 0.875. The lowest BCUT2D eigenvalue weighted by Gasteiger charge is -2.36. The lowest BCUT2D eigenvalue weighted by atomic mass is 9.66. The first kappa shape index (κ1) is 8.75. The Morgan fingerprint density at radius 2 is 2.23 bits per heavy atom. The second-order valence-corrected chi connectivity index (χ2v) is 4.51.